The number of imidazole rings is 1. The van der Waals surface area contributed by atoms with Crippen LogP contribution in [0.1, 0.15) is 17.7 Å². The number of ether oxygens (including phenoxy) is 1. The van der Waals surface area contributed by atoms with Crippen LogP contribution in [0.3, 0.4) is 0 Å². The fourth-order valence-corrected chi connectivity index (χ4v) is 2.33. The Balaban J connectivity index is 2.20. The monoisotopic (exact) mass is 337 g/mol. The van der Waals surface area contributed by atoms with Crippen LogP contribution in [-0.4, -0.2) is 29.8 Å². The molecule has 0 bridgehead atoms. The molecule has 0 radical (unpaired) electrons. The van der Waals surface area contributed by atoms with Gasteiger partial charge in [-0.2, -0.15) is 0 Å². The first-order chi connectivity index (χ1) is 9.61. The van der Waals surface area contributed by atoms with Crippen molar-refractivity contribution in [1.29, 1.82) is 0 Å². The van der Waals surface area contributed by atoms with Crippen molar-refractivity contribution in [2.75, 3.05) is 25.6 Å². The third-order valence-corrected chi connectivity index (χ3v) is 3.92. The van der Waals surface area contributed by atoms with Gasteiger partial charge in [-0.15, -0.1) is 0 Å². The van der Waals surface area contributed by atoms with E-state index in [2.05, 4.69) is 55.9 Å². The number of anilines is 1. The summed E-state index contributed by atoms with van der Waals surface area (Å²) < 4.78 is 8.23. The lowest BCUT2D eigenvalue weighted by molar-refractivity contribution is 0.197. The van der Waals surface area contributed by atoms with Gasteiger partial charge in [-0.1, -0.05) is 22.0 Å². The van der Waals surface area contributed by atoms with Gasteiger partial charge in [-0.25, -0.2) is 4.98 Å². The molecular weight excluding hydrogens is 318 g/mol. The summed E-state index contributed by atoms with van der Waals surface area (Å²) in [7, 11) is 1.72. The molecule has 1 N–H and O–H groups in total. The van der Waals surface area contributed by atoms with Gasteiger partial charge in [0.25, 0.3) is 0 Å². The van der Waals surface area contributed by atoms with Crippen LogP contribution in [0.2, 0.25) is 0 Å². The fourth-order valence-electron chi connectivity index (χ4n) is 1.97. The van der Waals surface area contributed by atoms with Crippen molar-refractivity contribution in [1.82, 2.24) is 9.55 Å². The summed E-state index contributed by atoms with van der Waals surface area (Å²) in [5, 5.41) is 3.36. The SMILES string of the molecule is COCCCNc1nc(C)cn1-c1ccc(C)c(Br)c1. The molecule has 0 fully saturated rings. The largest absolute Gasteiger partial charge is 0.385 e. The van der Waals surface area contributed by atoms with Gasteiger partial charge in [-0.05, 0) is 38.0 Å². The number of benzene rings is 1. The Kier molecular flexibility index (Phi) is 5.20. The van der Waals surface area contributed by atoms with E-state index in [0.717, 1.165) is 41.4 Å². The molecule has 5 heteroatoms. The van der Waals surface area contributed by atoms with E-state index in [-0.39, 0.29) is 0 Å². The Labute approximate surface area is 128 Å². The first kappa shape index (κ1) is 15.1. The van der Waals surface area contributed by atoms with E-state index in [1.807, 2.05) is 13.1 Å². The summed E-state index contributed by atoms with van der Waals surface area (Å²) in [4.78, 5) is 4.53. The summed E-state index contributed by atoms with van der Waals surface area (Å²) in [5.41, 5.74) is 3.31. The van der Waals surface area contributed by atoms with Gasteiger partial charge in [-0.3, -0.25) is 4.57 Å². The van der Waals surface area contributed by atoms with Crippen molar-refractivity contribution in [3.63, 3.8) is 0 Å². The van der Waals surface area contributed by atoms with Crippen molar-refractivity contribution in [2.24, 2.45) is 0 Å². The lowest BCUT2D eigenvalue weighted by Crippen LogP contribution is -2.09. The predicted molar refractivity (Wildman–Crippen MR) is 85.7 cm³/mol. The molecule has 0 saturated heterocycles. The number of hydrogen-bond acceptors (Lipinski definition) is 3. The van der Waals surface area contributed by atoms with Crippen LogP contribution in [0.25, 0.3) is 5.69 Å². The Morgan fingerprint density at radius 3 is 2.85 bits per heavy atom. The fraction of sp³-hybridized carbons (Fsp3) is 0.400. The number of halogens is 1. The maximum atomic E-state index is 5.06. The Morgan fingerprint density at radius 2 is 2.15 bits per heavy atom. The number of rotatable bonds is 6. The van der Waals surface area contributed by atoms with Crippen LogP contribution in [-0.2, 0) is 4.74 Å². The zero-order chi connectivity index (χ0) is 14.5. The van der Waals surface area contributed by atoms with Crippen molar-refractivity contribution < 1.29 is 4.74 Å². The maximum Gasteiger partial charge on any atom is 0.207 e. The summed E-state index contributed by atoms with van der Waals surface area (Å²) >= 11 is 3.58. The van der Waals surface area contributed by atoms with Crippen molar-refractivity contribution in [2.45, 2.75) is 20.3 Å². The highest BCUT2D eigenvalue weighted by molar-refractivity contribution is 9.10. The quantitative estimate of drug-likeness (QED) is 0.817. The summed E-state index contributed by atoms with van der Waals surface area (Å²) in [5.74, 6) is 0.870. The van der Waals surface area contributed by atoms with Crippen LogP contribution >= 0.6 is 15.9 Å². The number of aryl methyl sites for hydroxylation is 2. The van der Waals surface area contributed by atoms with Crippen LogP contribution in [0.5, 0.6) is 0 Å². The molecule has 1 aromatic carbocycles. The molecule has 4 nitrogen and oxygen atoms in total. The second kappa shape index (κ2) is 6.90. The highest BCUT2D eigenvalue weighted by Gasteiger charge is 2.08. The summed E-state index contributed by atoms with van der Waals surface area (Å²) in [6.45, 7) is 5.68. The minimum Gasteiger partial charge on any atom is -0.385 e. The molecule has 0 amide bonds. The molecule has 0 aliphatic carbocycles. The standard InChI is InChI=1S/C15H20BrN3O/c1-11-5-6-13(9-14(11)16)19-10-12(2)18-15(19)17-7-4-8-20-3/h5-6,9-10H,4,7-8H2,1-3H3,(H,17,18). The second-order valence-electron chi connectivity index (χ2n) is 4.78. The molecule has 1 heterocycles. The average molecular weight is 338 g/mol. The lowest BCUT2D eigenvalue weighted by atomic mass is 10.2. The predicted octanol–water partition coefficient (Wildman–Crippen LogP) is 3.70. The first-order valence-electron chi connectivity index (χ1n) is 6.67. The molecular formula is C15H20BrN3O. The van der Waals surface area contributed by atoms with Crippen LogP contribution in [0.15, 0.2) is 28.9 Å². The van der Waals surface area contributed by atoms with Gasteiger partial charge >= 0.3 is 0 Å². The summed E-state index contributed by atoms with van der Waals surface area (Å²) in [6, 6.07) is 6.31. The van der Waals surface area contributed by atoms with Crippen LogP contribution < -0.4 is 5.32 Å². The second-order valence-corrected chi connectivity index (χ2v) is 5.64. The summed E-state index contributed by atoms with van der Waals surface area (Å²) in [6.07, 6.45) is 3.00. The van der Waals surface area contributed by atoms with Gasteiger partial charge in [0.1, 0.15) is 0 Å². The Hall–Kier alpha value is -1.33. The van der Waals surface area contributed by atoms with Gasteiger partial charge in [0, 0.05) is 36.6 Å². The lowest BCUT2D eigenvalue weighted by Gasteiger charge is -2.10. The normalized spacial score (nSPS) is 10.8. The van der Waals surface area contributed by atoms with E-state index in [1.54, 1.807) is 7.11 Å². The molecule has 0 aliphatic heterocycles. The molecule has 0 aliphatic rings. The Bertz CT molecular complexity index is 580. The Morgan fingerprint density at radius 1 is 1.35 bits per heavy atom. The maximum absolute atomic E-state index is 5.06. The van der Waals surface area contributed by atoms with Gasteiger partial charge < -0.3 is 10.1 Å². The van der Waals surface area contributed by atoms with Crippen molar-refractivity contribution in [3.8, 4) is 5.69 Å². The molecule has 108 valence electrons. The zero-order valence-electron chi connectivity index (χ0n) is 12.1. The van der Waals surface area contributed by atoms with Gasteiger partial charge in [0.05, 0.1) is 5.69 Å². The third kappa shape index (κ3) is 3.61. The molecule has 0 atom stereocenters. The van der Waals surface area contributed by atoms with E-state index < -0.39 is 0 Å². The van der Waals surface area contributed by atoms with E-state index in [1.165, 1.54) is 5.56 Å². The molecule has 2 aromatic rings. The van der Waals surface area contributed by atoms with Gasteiger partial charge in [0.15, 0.2) is 0 Å². The highest BCUT2D eigenvalue weighted by atomic mass is 79.9. The molecule has 0 saturated carbocycles. The highest BCUT2D eigenvalue weighted by Crippen LogP contribution is 2.23. The van der Waals surface area contributed by atoms with E-state index >= 15 is 0 Å². The van der Waals surface area contributed by atoms with Gasteiger partial charge in [0.2, 0.25) is 5.95 Å². The minimum atomic E-state index is 0.753. The average Bonchev–Trinajstić information content (AvgIpc) is 2.79. The van der Waals surface area contributed by atoms with E-state index in [4.69, 9.17) is 4.74 Å². The smallest absolute Gasteiger partial charge is 0.207 e. The molecule has 0 spiro atoms. The zero-order valence-corrected chi connectivity index (χ0v) is 13.7. The minimum absolute atomic E-state index is 0.753. The molecule has 0 unspecified atom stereocenters. The molecule has 1 aromatic heterocycles. The molecule has 2 rings (SSSR count). The number of aromatic nitrogens is 2. The topological polar surface area (TPSA) is 39.1 Å². The van der Waals surface area contributed by atoms with Crippen LogP contribution in [0.4, 0.5) is 5.95 Å². The number of nitrogens with one attached hydrogen (secondary N) is 1. The number of hydrogen-bond donors (Lipinski definition) is 1. The first-order valence-corrected chi connectivity index (χ1v) is 7.46. The van der Waals surface area contributed by atoms with E-state index in [0.29, 0.717) is 0 Å². The third-order valence-electron chi connectivity index (χ3n) is 3.07. The van der Waals surface area contributed by atoms with Crippen molar-refractivity contribution >= 4 is 21.9 Å². The van der Waals surface area contributed by atoms with Crippen molar-refractivity contribution in [3.05, 3.63) is 40.1 Å². The number of nitrogens with zero attached hydrogens (tertiary/aromatic N) is 2. The molecule has 20 heavy (non-hydrogen) atoms. The number of methoxy groups -OCH3 is 1. The van der Waals surface area contributed by atoms with E-state index in [9.17, 15) is 0 Å². The van der Waals surface area contributed by atoms with Crippen LogP contribution in [0, 0.1) is 13.8 Å².